The third kappa shape index (κ3) is 4.52. The molecule has 0 spiro atoms. The van der Waals surface area contributed by atoms with Gasteiger partial charge < -0.3 is 14.7 Å². The molecule has 8 bridgehead atoms. The molecule has 10 nitrogen and oxygen atoms in total. The van der Waals surface area contributed by atoms with Crippen LogP contribution in [-0.4, -0.2) is 45.8 Å². The average Bonchev–Trinajstić information content (AvgIpc) is 3.81. The van der Waals surface area contributed by atoms with Crippen LogP contribution in [-0.2, 0) is 21.9 Å². The summed E-state index contributed by atoms with van der Waals surface area (Å²) < 4.78 is 5.78. The number of nitrogens with zero attached hydrogens (tertiary/aromatic N) is 6. The Hall–Kier alpha value is -6.03. The number of aromatic amines is 2. The smallest absolute Gasteiger partial charge is 0.338 e. The summed E-state index contributed by atoms with van der Waals surface area (Å²) >= 11 is 0. The molecule has 2 aliphatic heterocycles. The second-order valence-corrected chi connectivity index (χ2v) is 11.1. The van der Waals surface area contributed by atoms with Gasteiger partial charge in [-0.2, -0.15) is 0 Å². The largest absolute Gasteiger partial charge is 0.422 e. The summed E-state index contributed by atoms with van der Waals surface area (Å²) in [5.74, 6) is 1.76. The van der Waals surface area contributed by atoms with E-state index in [2.05, 4.69) is 16.5 Å². The molecule has 0 saturated heterocycles. The molecular formula is C36H22CuN8O2. The van der Waals surface area contributed by atoms with Crippen LogP contribution in [0.4, 0.5) is 0 Å². The van der Waals surface area contributed by atoms with Gasteiger partial charge in [-0.25, -0.2) is 34.7 Å². The number of carbonyl (C=O) groups excluding carboxylic acids is 1. The minimum atomic E-state index is -0.540. The zero-order valence-corrected chi connectivity index (χ0v) is 25.6. The van der Waals surface area contributed by atoms with E-state index in [0.29, 0.717) is 62.4 Å². The number of esters is 1. The number of hydrogen-bond acceptors (Lipinski definition) is 8. The predicted molar refractivity (Wildman–Crippen MR) is 177 cm³/mol. The average molecular weight is 662 g/mol. The molecule has 2 aliphatic rings. The van der Waals surface area contributed by atoms with Gasteiger partial charge in [-0.1, -0.05) is 91.5 Å². The number of benzene rings is 4. The first-order valence-electron chi connectivity index (χ1n) is 14.6. The first-order valence-corrected chi connectivity index (χ1v) is 14.6. The summed E-state index contributed by atoms with van der Waals surface area (Å²) in [4.78, 5) is 49.3. The Kier molecular flexibility index (Phi) is 6.54. The van der Waals surface area contributed by atoms with E-state index in [-0.39, 0.29) is 22.6 Å². The molecule has 4 aromatic carbocycles. The van der Waals surface area contributed by atoms with E-state index >= 15 is 0 Å². The van der Waals surface area contributed by atoms with Crippen LogP contribution in [0.25, 0.3) is 89.7 Å². The van der Waals surface area contributed by atoms with Crippen LogP contribution < -0.4 is 4.74 Å². The summed E-state index contributed by atoms with van der Waals surface area (Å²) in [5, 5.41) is 3.08. The summed E-state index contributed by atoms with van der Waals surface area (Å²) in [5.41, 5.74) is 5.80. The monoisotopic (exact) mass is 661 g/mol. The van der Waals surface area contributed by atoms with Gasteiger partial charge in [-0.05, 0) is 13.0 Å². The van der Waals surface area contributed by atoms with Gasteiger partial charge in [0.05, 0.1) is 5.39 Å². The predicted octanol–water partition coefficient (Wildman–Crippen LogP) is 7.35. The number of ether oxygens (including phenoxy) is 1. The Labute approximate surface area is 277 Å². The van der Waals surface area contributed by atoms with Gasteiger partial charge >= 0.3 is 5.97 Å². The van der Waals surface area contributed by atoms with Gasteiger partial charge in [0, 0.05) is 61.1 Å². The van der Waals surface area contributed by atoms with E-state index in [0.717, 1.165) is 33.0 Å². The van der Waals surface area contributed by atoms with E-state index in [1.165, 1.54) is 0 Å². The van der Waals surface area contributed by atoms with Crippen molar-refractivity contribution in [2.24, 2.45) is 0 Å². The number of carbonyl (C=O) groups is 1. The Morgan fingerprint density at radius 1 is 0.553 bits per heavy atom. The van der Waals surface area contributed by atoms with Crippen molar-refractivity contribution in [3.8, 4) is 51.3 Å². The number of aromatic nitrogens is 8. The molecule has 0 amide bonds. The normalized spacial score (nSPS) is 11.5. The van der Waals surface area contributed by atoms with Gasteiger partial charge in [-0.3, -0.25) is 0 Å². The van der Waals surface area contributed by atoms with E-state index in [1.54, 1.807) is 19.1 Å². The Bertz CT molecular complexity index is 2640. The number of hydrogen-bond donors (Lipinski definition) is 2. The third-order valence-electron chi connectivity index (χ3n) is 8.09. The molecule has 0 unspecified atom stereocenters. The SMILES string of the molecule is C=C(C)C(=O)Oc1cccc2c3nc4nc(nc5[nH]c(nc6nc(nc([nH]3)c12)-c1ccccc1-6)c1ccccc51)-c1ccccc1-4.[Cu]. The summed E-state index contributed by atoms with van der Waals surface area (Å²) in [6.45, 7) is 5.35. The molecule has 2 N–H and O–H groups in total. The number of H-pyrrole nitrogens is 2. The van der Waals surface area contributed by atoms with Gasteiger partial charge in [0.15, 0.2) is 23.3 Å². The quantitative estimate of drug-likeness (QED) is 0.0850. The first kappa shape index (κ1) is 28.4. The van der Waals surface area contributed by atoms with Crippen molar-refractivity contribution in [1.82, 2.24) is 39.9 Å². The molecule has 229 valence electrons. The number of fused-ring (bicyclic) bond motifs is 20. The Morgan fingerprint density at radius 3 is 1.45 bits per heavy atom. The van der Waals surface area contributed by atoms with Gasteiger partial charge in [0.2, 0.25) is 0 Å². The molecular weight excluding hydrogens is 640 g/mol. The molecule has 0 aliphatic carbocycles. The topological polar surface area (TPSA) is 135 Å². The van der Waals surface area contributed by atoms with E-state index in [1.807, 2.05) is 78.9 Å². The molecule has 11 heteroatoms. The fourth-order valence-electron chi connectivity index (χ4n) is 5.93. The molecule has 7 aromatic rings. The number of rotatable bonds is 2. The fourth-order valence-corrected chi connectivity index (χ4v) is 5.93. The van der Waals surface area contributed by atoms with Crippen molar-refractivity contribution in [3.63, 3.8) is 0 Å². The van der Waals surface area contributed by atoms with Crippen LogP contribution in [0.15, 0.2) is 103 Å². The maximum Gasteiger partial charge on any atom is 0.338 e. The van der Waals surface area contributed by atoms with Crippen molar-refractivity contribution in [2.45, 2.75) is 6.92 Å². The van der Waals surface area contributed by atoms with E-state index < -0.39 is 5.97 Å². The maximum absolute atomic E-state index is 12.7. The fraction of sp³-hybridized carbons (Fsp3) is 0.0278. The van der Waals surface area contributed by atoms with Gasteiger partial charge in [0.25, 0.3) is 0 Å². The van der Waals surface area contributed by atoms with Gasteiger partial charge in [-0.15, -0.1) is 0 Å². The molecule has 5 heterocycles. The van der Waals surface area contributed by atoms with Crippen LogP contribution in [0.5, 0.6) is 5.75 Å². The van der Waals surface area contributed by atoms with E-state index in [4.69, 9.17) is 34.6 Å². The van der Waals surface area contributed by atoms with Crippen LogP contribution >= 0.6 is 0 Å². The Balaban J connectivity index is 0.00000324. The molecule has 0 saturated carbocycles. The summed E-state index contributed by atoms with van der Waals surface area (Å²) in [6.07, 6.45) is 0. The molecule has 0 atom stereocenters. The minimum absolute atomic E-state index is 0. The second-order valence-electron chi connectivity index (χ2n) is 11.1. The standard InChI is InChI=1S/C36H22N8O2.Cu/c1-18(2)36(45)46-26-17-9-16-25-27(26)35-43-33-24-15-8-7-14-23(24)31(41-33)39-29-20-11-4-3-10-19(20)28(37-29)38-30-21-12-5-6-13-22(21)32(40-30)42-34(25)44-35;/h3-17H,1H2,2H3,(H2,37,38,39,40,41,42,43,44);. The molecule has 47 heavy (non-hydrogen) atoms. The van der Waals surface area contributed by atoms with Crippen LogP contribution in [0.1, 0.15) is 6.92 Å². The molecule has 3 aromatic heterocycles. The molecule has 0 fully saturated rings. The maximum atomic E-state index is 12.7. The third-order valence-corrected chi connectivity index (χ3v) is 8.09. The zero-order chi connectivity index (χ0) is 30.9. The molecule has 9 rings (SSSR count). The number of nitrogens with one attached hydrogen (secondary N) is 2. The van der Waals surface area contributed by atoms with Crippen LogP contribution in [0.3, 0.4) is 0 Å². The van der Waals surface area contributed by atoms with Crippen molar-refractivity contribution < 1.29 is 26.6 Å². The van der Waals surface area contributed by atoms with E-state index in [9.17, 15) is 4.79 Å². The van der Waals surface area contributed by atoms with Crippen LogP contribution in [0.2, 0.25) is 0 Å². The molecule has 1 radical (unpaired) electrons. The zero-order valence-electron chi connectivity index (χ0n) is 24.7. The second kappa shape index (κ2) is 10.8. The summed E-state index contributed by atoms with van der Waals surface area (Å²) in [7, 11) is 0. The summed E-state index contributed by atoms with van der Waals surface area (Å²) in [6, 6.07) is 29.1. The van der Waals surface area contributed by atoms with Crippen LogP contribution in [0, 0.1) is 0 Å². The Morgan fingerprint density at radius 2 is 0.957 bits per heavy atom. The van der Waals surface area contributed by atoms with Crippen molar-refractivity contribution >= 4 is 50.1 Å². The minimum Gasteiger partial charge on any atom is -0.422 e. The van der Waals surface area contributed by atoms with Crippen molar-refractivity contribution in [2.75, 3.05) is 0 Å². The van der Waals surface area contributed by atoms with Gasteiger partial charge in [0.1, 0.15) is 28.3 Å². The first-order chi connectivity index (χ1) is 22.5. The van der Waals surface area contributed by atoms with Crippen molar-refractivity contribution in [1.29, 1.82) is 0 Å². The van der Waals surface area contributed by atoms with Crippen molar-refractivity contribution in [3.05, 3.63) is 103 Å².